The molecule has 1 N–H and O–H groups in total. The molecule has 0 saturated carbocycles. The van der Waals surface area contributed by atoms with Crippen molar-refractivity contribution in [2.24, 2.45) is 0 Å². The summed E-state index contributed by atoms with van der Waals surface area (Å²) in [5.74, 6) is -0.483. The van der Waals surface area contributed by atoms with Gasteiger partial charge in [-0.25, -0.2) is 0 Å². The Bertz CT molecular complexity index is 484. The van der Waals surface area contributed by atoms with Crippen LogP contribution in [0.4, 0.5) is 0 Å². The molecule has 1 unspecified atom stereocenters. The molecule has 0 amide bonds. The van der Waals surface area contributed by atoms with Gasteiger partial charge in [-0.3, -0.25) is 0 Å². The lowest BCUT2D eigenvalue weighted by Crippen LogP contribution is -2.35. The number of halogens is 1. The van der Waals surface area contributed by atoms with Gasteiger partial charge in [0.1, 0.15) is 5.95 Å². The molecule has 0 spiro atoms. The first-order valence-corrected chi connectivity index (χ1v) is 5.91. The molecule has 0 aliphatic rings. The van der Waals surface area contributed by atoms with Crippen LogP contribution in [0.25, 0.3) is 0 Å². The highest BCUT2D eigenvalue weighted by molar-refractivity contribution is 9.10. The van der Waals surface area contributed by atoms with Gasteiger partial charge in [0.25, 0.3) is 0 Å². The molecule has 17 heavy (non-hydrogen) atoms. The number of hydrogen-bond acceptors (Lipinski definition) is 4. The summed E-state index contributed by atoms with van der Waals surface area (Å²) in [7, 11) is 0. The van der Waals surface area contributed by atoms with Gasteiger partial charge < -0.3 is 14.7 Å². The second kappa shape index (κ2) is 5.29. The van der Waals surface area contributed by atoms with Crippen LogP contribution in [0.1, 0.15) is 18.1 Å². The summed E-state index contributed by atoms with van der Waals surface area (Å²) < 4.78 is 6.74. The number of benzene rings is 1. The van der Waals surface area contributed by atoms with Crippen molar-refractivity contribution in [1.82, 2.24) is 5.27 Å². The van der Waals surface area contributed by atoms with Crippen LogP contribution in [-0.2, 0) is 6.54 Å². The Morgan fingerprint density at radius 3 is 2.71 bits per heavy atom. The number of hydrogen-bond donors (Lipinski definition) is 1. The zero-order valence-electron chi connectivity index (χ0n) is 8.91. The van der Waals surface area contributed by atoms with Crippen molar-refractivity contribution < 1.29 is 19.4 Å². The van der Waals surface area contributed by atoms with Crippen LogP contribution in [0.3, 0.4) is 0 Å². The van der Waals surface area contributed by atoms with E-state index in [1.807, 2.05) is 24.3 Å². The average molecular weight is 299 g/mol. The van der Waals surface area contributed by atoms with E-state index in [0.29, 0.717) is 13.0 Å². The minimum Gasteiger partial charge on any atom is -0.539 e. The molecule has 2 aromatic rings. The van der Waals surface area contributed by atoms with Crippen molar-refractivity contribution in [1.29, 1.82) is 0 Å². The van der Waals surface area contributed by atoms with E-state index in [4.69, 9.17) is 0 Å². The van der Waals surface area contributed by atoms with Crippen LogP contribution in [0, 0.1) is 0 Å². The standard InChI is InChI=1S/C11H11BrN2O3/c12-9-3-1-8(2-4-9)10(15)5-6-14-7-11(16)17-13-14/h1-4,7,10,15H,5-6H2. The fraction of sp³-hybridized carbons (Fsp3) is 0.273. The first-order chi connectivity index (χ1) is 8.15. The van der Waals surface area contributed by atoms with E-state index < -0.39 is 12.1 Å². The highest BCUT2D eigenvalue weighted by Crippen LogP contribution is 2.19. The molecule has 0 radical (unpaired) electrons. The van der Waals surface area contributed by atoms with Crippen molar-refractivity contribution in [3.63, 3.8) is 0 Å². The molecule has 1 aromatic carbocycles. The van der Waals surface area contributed by atoms with E-state index in [9.17, 15) is 10.2 Å². The van der Waals surface area contributed by atoms with Crippen LogP contribution >= 0.6 is 15.9 Å². The lowest BCUT2D eigenvalue weighted by molar-refractivity contribution is -0.763. The zero-order valence-corrected chi connectivity index (χ0v) is 10.5. The molecule has 1 aromatic heterocycles. The third-order valence-electron chi connectivity index (χ3n) is 2.38. The van der Waals surface area contributed by atoms with Crippen LogP contribution in [0.15, 0.2) is 39.5 Å². The summed E-state index contributed by atoms with van der Waals surface area (Å²) in [6.07, 6.45) is 1.15. The van der Waals surface area contributed by atoms with Crippen LogP contribution < -0.4 is 9.79 Å². The highest BCUT2D eigenvalue weighted by Gasteiger charge is 2.12. The molecular weight excluding hydrogens is 288 g/mol. The van der Waals surface area contributed by atoms with Gasteiger partial charge in [-0.05, 0) is 17.7 Å². The van der Waals surface area contributed by atoms with E-state index in [1.54, 1.807) is 0 Å². The van der Waals surface area contributed by atoms with Crippen LogP contribution in [0.2, 0.25) is 0 Å². The Hall–Kier alpha value is -1.40. The van der Waals surface area contributed by atoms with Gasteiger partial charge in [0.15, 0.2) is 6.54 Å². The summed E-state index contributed by atoms with van der Waals surface area (Å²) in [6.45, 7) is 0.434. The van der Waals surface area contributed by atoms with Gasteiger partial charge >= 0.3 is 0 Å². The smallest absolute Gasteiger partial charge is 0.221 e. The van der Waals surface area contributed by atoms with E-state index >= 15 is 0 Å². The molecule has 5 nitrogen and oxygen atoms in total. The molecule has 0 aliphatic heterocycles. The first-order valence-electron chi connectivity index (χ1n) is 5.12. The Labute approximate surface area is 106 Å². The fourth-order valence-corrected chi connectivity index (χ4v) is 1.74. The number of aliphatic hydroxyl groups is 1. The number of aliphatic hydroxyl groups excluding tert-OH is 1. The fourth-order valence-electron chi connectivity index (χ4n) is 1.47. The lowest BCUT2D eigenvalue weighted by Gasteiger charge is -2.07. The molecule has 90 valence electrons. The summed E-state index contributed by atoms with van der Waals surface area (Å²) in [4.78, 5) is 0. The third-order valence-corrected chi connectivity index (χ3v) is 2.91. The summed E-state index contributed by atoms with van der Waals surface area (Å²) in [5, 5.41) is 24.1. The third kappa shape index (κ3) is 3.28. The lowest BCUT2D eigenvalue weighted by atomic mass is 10.1. The van der Waals surface area contributed by atoms with E-state index in [0.717, 1.165) is 10.0 Å². The number of aromatic nitrogens is 2. The van der Waals surface area contributed by atoms with Gasteiger partial charge in [-0.15, -0.1) is 0 Å². The topological polar surface area (TPSA) is 73.2 Å². The maximum Gasteiger partial charge on any atom is 0.221 e. The van der Waals surface area contributed by atoms with E-state index in [1.165, 1.54) is 10.9 Å². The molecule has 0 aliphatic carbocycles. The molecule has 1 heterocycles. The summed E-state index contributed by atoms with van der Waals surface area (Å²) >= 11 is 3.33. The Morgan fingerprint density at radius 2 is 2.12 bits per heavy atom. The second-order valence-electron chi connectivity index (χ2n) is 3.64. The minimum atomic E-state index is -0.581. The molecule has 0 bridgehead atoms. The van der Waals surface area contributed by atoms with Crippen LogP contribution in [-0.4, -0.2) is 10.4 Å². The van der Waals surface area contributed by atoms with Crippen molar-refractivity contribution in [3.8, 4) is 5.95 Å². The largest absolute Gasteiger partial charge is 0.539 e. The van der Waals surface area contributed by atoms with Gasteiger partial charge in [-0.2, -0.15) is 0 Å². The summed E-state index contributed by atoms with van der Waals surface area (Å²) in [6, 6.07) is 7.44. The molecule has 6 heteroatoms. The van der Waals surface area contributed by atoms with Crippen molar-refractivity contribution in [2.75, 3.05) is 0 Å². The van der Waals surface area contributed by atoms with Gasteiger partial charge in [0.2, 0.25) is 6.20 Å². The molecule has 1 atom stereocenters. The Kier molecular flexibility index (Phi) is 3.75. The number of nitrogens with zero attached hydrogens (tertiary/aromatic N) is 2. The normalized spacial score (nSPS) is 12.6. The maximum absolute atomic E-state index is 10.7. The second-order valence-corrected chi connectivity index (χ2v) is 4.56. The van der Waals surface area contributed by atoms with Crippen LogP contribution in [0.5, 0.6) is 5.95 Å². The Morgan fingerprint density at radius 1 is 1.41 bits per heavy atom. The Balaban J connectivity index is 1.93. The van der Waals surface area contributed by atoms with Gasteiger partial charge in [0.05, 0.1) is 11.4 Å². The van der Waals surface area contributed by atoms with Crippen molar-refractivity contribution >= 4 is 15.9 Å². The predicted octanol–water partition coefficient (Wildman–Crippen LogP) is 0.922. The van der Waals surface area contributed by atoms with Crippen molar-refractivity contribution in [3.05, 3.63) is 40.5 Å². The molecule has 0 saturated heterocycles. The monoisotopic (exact) mass is 298 g/mol. The van der Waals surface area contributed by atoms with E-state index in [2.05, 4.69) is 25.7 Å². The SMILES string of the molecule is [O-]c1c[n+](CCC(O)c2ccc(Br)cc2)no1. The summed E-state index contributed by atoms with van der Waals surface area (Å²) in [5.41, 5.74) is 0.833. The first kappa shape index (κ1) is 12.1. The number of rotatable bonds is 4. The quantitative estimate of drug-likeness (QED) is 0.852. The highest BCUT2D eigenvalue weighted by atomic mass is 79.9. The molecule has 0 fully saturated rings. The van der Waals surface area contributed by atoms with Crippen molar-refractivity contribution in [2.45, 2.75) is 19.1 Å². The maximum atomic E-state index is 10.7. The molecule has 2 rings (SSSR count). The number of aryl methyl sites for hydroxylation is 1. The zero-order chi connectivity index (χ0) is 12.3. The molecular formula is C11H11BrN2O3. The van der Waals surface area contributed by atoms with Gasteiger partial charge in [-0.1, -0.05) is 32.7 Å². The minimum absolute atomic E-state index is 0.434. The predicted molar refractivity (Wildman–Crippen MR) is 59.9 cm³/mol. The average Bonchev–Trinajstić information content (AvgIpc) is 2.73. The van der Waals surface area contributed by atoms with E-state index in [-0.39, 0.29) is 0 Å². The van der Waals surface area contributed by atoms with Gasteiger partial charge in [0, 0.05) is 10.9 Å².